The van der Waals surface area contributed by atoms with E-state index in [2.05, 4.69) is 62.3 Å². The van der Waals surface area contributed by atoms with Crippen LogP contribution in [-0.2, 0) is 22.6 Å². The Kier molecular flexibility index (Phi) is 14.1. The smallest absolute Gasteiger partial charge is 0.251 e. The van der Waals surface area contributed by atoms with Gasteiger partial charge in [-0.15, -0.1) is 0 Å². The molecule has 0 spiro atoms. The molecule has 2 aliphatic rings. The molecule has 0 bridgehead atoms. The van der Waals surface area contributed by atoms with E-state index >= 15 is 0 Å². The Morgan fingerprint density at radius 1 is 1.07 bits per heavy atom. The third-order valence-corrected chi connectivity index (χ3v) is 12.7. The first kappa shape index (κ1) is 42.6. The lowest BCUT2D eigenvalue weighted by molar-refractivity contribution is -0.182. The lowest BCUT2D eigenvalue weighted by Gasteiger charge is -2.50. The molecule has 1 aliphatic heterocycles. The summed E-state index contributed by atoms with van der Waals surface area (Å²) in [5.41, 5.74) is 3.80. The SMILES string of the molecule is COc1c(CN2O[C@@H](CO)[C@@H]([C@H](C)O)[C@H]2C(=O)N[C@H]2C[C@@H](C)C(C)(C)[C@@H](C)[C@@H]2C)cccc1-c1cc(Cl)cc(C(=O)N[C@@H](Cc2ccccc2)CN(C)C)c1. The summed E-state index contributed by atoms with van der Waals surface area (Å²) in [6, 6.07) is 20.0. The molecular formula is C44H61ClN4O6. The Hall–Kier alpha value is -3.51. The number of hydroxylamine groups is 2. The van der Waals surface area contributed by atoms with E-state index in [1.54, 1.807) is 37.3 Å². The van der Waals surface area contributed by atoms with Crippen LogP contribution in [0.5, 0.6) is 5.75 Å². The quantitative estimate of drug-likeness (QED) is 0.152. The number of aliphatic hydroxyl groups excluding tert-OH is 2. The number of amides is 2. The van der Waals surface area contributed by atoms with Gasteiger partial charge in [0.25, 0.3) is 5.91 Å². The van der Waals surface area contributed by atoms with Gasteiger partial charge in [0.1, 0.15) is 17.9 Å². The van der Waals surface area contributed by atoms with Crippen molar-refractivity contribution in [1.29, 1.82) is 0 Å². The van der Waals surface area contributed by atoms with Crippen molar-refractivity contribution < 1.29 is 29.4 Å². The average molecular weight is 777 g/mol. The van der Waals surface area contributed by atoms with Gasteiger partial charge in [0.2, 0.25) is 5.91 Å². The maximum atomic E-state index is 14.3. The number of methoxy groups -OCH3 is 1. The topological polar surface area (TPSA) is 124 Å². The zero-order valence-electron chi connectivity index (χ0n) is 33.9. The molecule has 2 fully saturated rings. The summed E-state index contributed by atoms with van der Waals surface area (Å²) >= 11 is 6.67. The molecule has 1 aliphatic carbocycles. The normalized spacial score (nSPS) is 26.4. The minimum Gasteiger partial charge on any atom is -0.496 e. The third-order valence-electron chi connectivity index (χ3n) is 12.5. The largest absolute Gasteiger partial charge is 0.496 e. The molecule has 0 radical (unpaired) electrons. The lowest BCUT2D eigenvalue weighted by Crippen LogP contribution is -2.56. The van der Waals surface area contributed by atoms with Crippen LogP contribution in [0.2, 0.25) is 5.02 Å². The van der Waals surface area contributed by atoms with Crippen LogP contribution in [0.1, 0.15) is 69.4 Å². The maximum Gasteiger partial charge on any atom is 0.251 e. The number of nitrogens with one attached hydrogen (secondary N) is 2. The fourth-order valence-electron chi connectivity index (χ4n) is 8.70. The van der Waals surface area contributed by atoms with Crippen molar-refractivity contribution in [3.8, 4) is 16.9 Å². The predicted octanol–water partition coefficient (Wildman–Crippen LogP) is 6.22. The molecule has 3 aromatic rings. The van der Waals surface area contributed by atoms with Crippen molar-refractivity contribution in [3.63, 3.8) is 0 Å². The summed E-state index contributed by atoms with van der Waals surface area (Å²) in [7, 11) is 5.54. The number of halogens is 1. The summed E-state index contributed by atoms with van der Waals surface area (Å²) in [5.74, 6) is 0.411. The first-order chi connectivity index (χ1) is 26.0. The van der Waals surface area contributed by atoms with Crippen molar-refractivity contribution in [2.45, 2.75) is 91.3 Å². The Labute approximate surface area is 332 Å². The summed E-state index contributed by atoms with van der Waals surface area (Å²) < 4.78 is 6.03. The third kappa shape index (κ3) is 9.72. The molecule has 10 nitrogen and oxygen atoms in total. The zero-order chi connectivity index (χ0) is 40.2. The van der Waals surface area contributed by atoms with Gasteiger partial charge < -0.3 is 30.5 Å². The molecule has 11 heteroatoms. The number of benzene rings is 3. The highest BCUT2D eigenvalue weighted by Gasteiger charge is 2.51. The Bertz CT molecular complexity index is 1770. The second kappa shape index (κ2) is 18.2. The predicted molar refractivity (Wildman–Crippen MR) is 218 cm³/mol. The number of likely N-dealkylation sites (N-methyl/N-ethyl adjacent to an activating group) is 1. The molecule has 0 unspecified atom stereocenters. The maximum absolute atomic E-state index is 14.3. The number of rotatable bonds is 14. The van der Waals surface area contributed by atoms with Gasteiger partial charge in [0.05, 0.1) is 26.4 Å². The molecular weight excluding hydrogens is 716 g/mol. The molecule has 0 aromatic heterocycles. The molecule has 4 N–H and O–H groups in total. The summed E-state index contributed by atoms with van der Waals surface area (Å²) in [6.45, 7) is 13.4. The van der Waals surface area contributed by atoms with Crippen molar-refractivity contribution >= 4 is 23.4 Å². The van der Waals surface area contributed by atoms with Gasteiger partial charge in [-0.05, 0) is 86.4 Å². The standard InChI is InChI=1S/C44H61ClN4O6/c1-26-18-37(27(2)28(3)44(26,5)6)47-43(53)40-39(29(4)51)38(25-50)55-49(40)23-31-16-13-17-36(41(31)54-9)32-20-33(22-34(45)21-32)42(52)46-35(24-48(7)8)19-30-14-11-10-12-15-30/h10-17,20-22,26-29,35,37-40,50-51H,18-19,23-25H2,1-9H3,(H,46,52)(H,47,53)/t26-,27+,28+,29+,35+,37+,38+,39-,40+/m1/s1. The van der Waals surface area contributed by atoms with Crippen molar-refractivity contribution in [3.05, 3.63) is 88.4 Å². The fourth-order valence-corrected chi connectivity index (χ4v) is 8.93. The van der Waals surface area contributed by atoms with Crippen LogP contribution in [0.4, 0.5) is 0 Å². The minimum atomic E-state index is -0.923. The van der Waals surface area contributed by atoms with Gasteiger partial charge >= 0.3 is 0 Å². The highest BCUT2D eigenvalue weighted by atomic mass is 35.5. The van der Waals surface area contributed by atoms with Crippen LogP contribution in [0.3, 0.4) is 0 Å². The zero-order valence-corrected chi connectivity index (χ0v) is 34.6. The van der Waals surface area contributed by atoms with Gasteiger partial charge in [-0.2, -0.15) is 5.06 Å². The van der Waals surface area contributed by atoms with E-state index in [9.17, 15) is 19.8 Å². The molecule has 3 aromatic carbocycles. The van der Waals surface area contributed by atoms with Crippen LogP contribution in [0.25, 0.3) is 11.1 Å². The van der Waals surface area contributed by atoms with Crippen molar-refractivity contribution in [2.24, 2.45) is 29.1 Å². The second-order valence-electron chi connectivity index (χ2n) is 16.7. The second-order valence-corrected chi connectivity index (χ2v) is 17.2. The number of carbonyl (C=O) groups excluding carboxylic acids is 2. The van der Waals surface area contributed by atoms with Gasteiger partial charge in [0.15, 0.2) is 0 Å². The minimum absolute atomic E-state index is 0.0428. The van der Waals surface area contributed by atoms with Crippen molar-refractivity contribution in [1.82, 2.24) is 20.6 Å². The Morgan fingerprint density at radius 2 is 1.78 bits per heavy atom. The van der Waals surface area contributed by atoms with E-state index in [0.29, 0.717) is 52.3 Å². The molecule has 55 heavy (non-hydrogen) atoms. The van der Waals surface area contributed by atoms with E-state index < -0.39 is 24.2 Å². The van der Waals surface area contributed by atoms with Crippen LogP contribution in [0, 0.1) is 29.1 Å². The van der Waals surface area contributed by atoms with E-state index in [4.69, 9.17) is 21.2 Å². The van der Waals surface area contributed by atoms with Crippen LogP contribution in [0.15, 0.2) is 66.7 Å². The number of hydrogen-bond donors (Lipinski definition) is 4. The van der Waals surface area contributed by atoms with Gasteiger partial charge in [0, 0.05) is 46.3 Å². The summed E-state index contributed by atoms with van der Waals surface area (Å²) in [5, 5.41) is 29.8. The Balaban J connectivity index is 1.42. The molecule has 9 atom stereocenters. The Morgan fingerprint density at radius 3 is 2.42 bits per heavy atom. The van der Waals surface area contributed by atoms with E-state index in [0.717, 1.165) is 17.5 Å². The van der Waals surface area contributed by atoms with E-state index in [1.165, 1.54) is 0 Å². The molecule has 1 saturated carbocycles. The van der Waals surface area contributed by atoms with Gasteiger partial charge in [-0.3, -0.25) is 14.4 Å². The van der Waals surface area contributed by atoms with Crippen LogP contribution in [-0.4, -0.2) is 96.7 Å². The molecule has 300 valence electrons. The summed E-state index contributed by atoms with van der Waals surface area (Å²) in [6.07, 6.45) is -0.181. The average Bonchev–Trinajstić information content (AvgIpc) is 3.51. The highest BCUT2D eigenvalue weighted by molar-refractivity contribution is 6.31. The first-order valence-corrected chi connectivity index (χ1v) is 19.9. The van der Waals surface area contributed by atoms with Crippen molar-refractivity contribution in [2.75, 3.05) is 34.4 Å². The first-order valence-electron chi connectivity index (χ1n) is 19.5. The number of para-hydroxylation sites is 1. The molecule has 2 amide bonds. The van der Waals surface area contributed by atoms with Crippen LogP contribution >= 0.6 is 11.6 Å². The molecule has 1 saturated heterocycles. The highest BCUT2D eigenvalue weighted by Crippen LogP contribution is 2.47. The fraction of sp³-hybridized carbons (Fsp3) is 0.545. The number of aliphatic hydroxyl groups is 2. The van der Waals surface area contributed by atoms with Gasteiger partial charge in [-0.1, -0.05) is 94.8 Å². The van der Waals surface area contributed by atoms with E-state index in [-0.39, 0.29) is 48.4 Å². The number of carbonyl (C=O) groups is 2. The van der Waals surface area contributed by atoms with E-state index in [1.807, 2.05) is 50.5 Å². The van der Waals surface area contributed by atoms with Crippen LogP contribution < -0.4 is 15.4 Å². The molecule has 5 rings (SSSR count). The molecule has 1 heterocycles. The monoisotopic (exact) mass is 776 g/mol. The number of nitrogens with zero attached hydrogens (tertiary/aromatic N) is 2. The number of ether oxygens (including phenoxy) is 1. The number of hydrogen-bond acceptors (Lipinski definition) is 8. The van der Waals surface area contributed by atoms with Gasteiger partial charge in [-0.25, -0.2) is 0 Å². The summed E-state index contributed by atoms with van der Waals surface area (Å²) in [4.78, 5) is 36.4. The lowest BCUT2D eigenvalue weighted by atomic mass is 9.58.